The van der Waals surface area contributed by atoms with Gasteiger partial charge >= 0.3 is 0 Å². The Balaban J connectivity index is 2.34. The molecule has 1 aliphatic carbocycles. The van der Waals surface area contributed by atoms with Crippen molar-refractivity contribution in [3.8, 4) is 0 Å². The number of hydrogen-bond acceptors (Lipinski definition) is 3. The first-order chi connectivity index (χ1) is 7.65. The molecule has 3 nitrogen and oxygen atoms in total. The number of aliphatic hydroxyl groups is 1. The molecule has 1 rings (SSSR count). The summed E-state index contributed by atoms with van der Waals surface area (Å²) in [6.07, 6.45) is 7.16. The van der Waals surface area contributed by atoms with Gasteiger partial charge in [0.15, 0.2) is 5.78 Å². The predicted octanol–water partition coefficient (Wildman–Crippen LogP) is 1.53. The molecule has 0 unspecified atom stereocenters. The zero-order valence-electron chi connectivity index (χ0n) is 10.1. The number of ketones is 1. The molecule has 0 spiro atoms. The Morgan fingerprint density at radius 3 is 2.75 bits per heavy atom. The highest BCUT2D eigenvalue weighted by atomic mass is 16.3. The van der Waals surface area contributed by atoms with Crippen molar-refractivity contribution >= 4 is 5.78 Å². The minimum absolute atomic E-state index is 0.149. The summed E-state index contributed by atoms with van der Waals surface area (Å²) in [4.78, 5) is 13.9. The molecule has 0 atom stereocenters. The molecule has 0 fully saturated rings. The second-order valence-corrected chi connectivity index (χ2v) is 4.35. The molecule has 1 N–H and O–H groups in total. The molecular weight excluding hydrogens is 202 g/mol. The van der Waals surface area contributed by atoms with Crippen molar-refractivity contribution < 1.29 is 9.90 Å². The lowest BCUT2D eigenvalue weighted by Crippen LogP contribution is -2.35. The number of hydrogen-bond donors (Lipinski definition) is 1. The monoisotopic (exact) mass is 223 g/mol. The van der Waals surface area contributed by atoms with E-state index in [9.17, 15) is 4.79 Å². The normalized spacial score (nSPS) is 14.9. The summed E-state index contributed by atoms with van der Waals surface area (Å²) in [5.41, 5.74) is 0.910. The van der Waals surface area contributed by atoms with Gasteiger partial charge in [-0.05, 0) is 25.8 Å². The summed E-state index contributed by atoms with van der Waals surface area (Å²) < 4.78 is 0. The van der Waals surface area contributed by atoms with Crippen LogP contribution in [-0.2, 0) is 4.79 Å². The lowest BCUT2D eigenvalue weighted by atomic mass is 10.1. The highest BCUT2D eigenvalue weighted by molar-refractivity contribution is 5.96. The molecule has 0 amide bonds. The molecule has 0 saturated heterocycles. The topological polar surface area (TPSA) is 40.5 Å². The van der Waals surface area contributed by atoms with Crippen molar-refractivity contribution in [1.82, 2.24) is 4.90 Å². The summed E-state index contributed by atoms with van der Waals surface area (Å²) in [5, 5.41) is 8.91. The number of carbonyl (C=O) groups excluding carboxylic acids is 1. The second kappa shape index (κ2) is 6.61. The van der Waals surface area contributed by atoms with Gasteiger partial charge in [0.05, 0.1) is 6.61 Å². The molecule has 0 aromatic carbocycles. The van der Waals surface area contributed by atoms with Crippen molar-refractivity contribution in [2.45, 2.75) is 32.7 Å². The Bertz CT molecular complexity index is 292. The van der Waals surface area contributed by atoms with E-state index in [2.05, 4.69) is 18.7 Å². The summed E-state index contributed by atoms with van der Waals surface area (Å²) in [6.45, 7) is 5.68. The van der Waals surface area contributed by atoms with Gasteiger partial charge in [0.2, 0.25) is 0 Å². The van der Waals surface area contributed by atoms with Gasteiger partial charge in [0, 0.05) is 25.6 Å². The van der Waals surface area contributed by atoms with Crippen LogP contribution < -0.4 is 0 Å². The SMILES string of the molecule is CC(C)N(CCO)CCC(=O)C1=CC=CC1. The lowest BCUT2D eigenvalue weighted by Gasteiger charge is -2.25. The van der Waals surface area contributed by atoms with Crippen LogP contribution >= 0.6 is 0 Å². The van der Waals surface area contributed by atoms with Gasteiger partial charge in [-0.1, -0.05) is 18.2 Å². The highest BCUT2D eigenvalue weighted by Gasteiger charge is 2.14. The van der Waals surface area contributed by atoms with Crippen LogP contribution in [0.3, 0.4) is 0 Å². The zero-order valence-corrected chi connectivity index (χ0v) is 10.1. The number of carbonyl (C=O) groups is 1. The van der Waals surface area contributed by atoms with Gasteiger partial charge in [-0.2, -0.15) is 0 Å². The molecule has 16 heavy (non-hydrogen) atoms. The van der Waals surface area contributed by atoms with Crippen LogP contribution in [0.25, 0.3) is 0 Å². The van der Waals surface area contributed by atoms with E-state index in [0.717, 1.165) is 18.5 Å². The maximum Gasteiger partial charge on any atom is 0.160 e. The molecule has 0 saturated carbocycles. The van der Waals surface area contributed by atoms with E-state index in [1.54, 1.807) is 0 Å². The summed E-state index contributed by atoms with van der Waals surface area (Å²) in [5.74, 6) is 0.230. The third kappa shape index (κ3) is 3.91. The van der Waals surface area contributed by atoms with E-state index in [4.69, 9.17) is 5.11 Å². The Kier molecular flexibility index (Phi) is 5.43. The molecule has 0 radical (unpaired) electrons. The fourth-order valence-electron chi connectivity index (χ4n) is 1.82. The van der Waals surface area contributed by atoms with Crippen molar-refractivity contribution in [3.63, 3.8) is 0 Å². The smallest absolute Gasteiger partial charge is 0.160 e. The lowest BCUT2D eigenvalue weighted by molar-refractivity contribution is -0.116. The van der Waals surface area contributed by atoms with E-state index < -0.39 is 0 Å². The molecule has 0 heterocycles. The minimum Gasteiger partial charge on any atom is -0.395 e. The quantitative estimate of drug-likeness (QED) is 0.711. The van der Waals surface area contributed by atoms with Crippen LogP contribution in [0.1, 0.15) is 26.7 Å². The van der Waals surface area contributed by atoms with Gasteiger partial charge in [-0.15, -0.1) is 0 Å². The van der Waals surface area contributed by atoms with Crippen LogP contribution in [-0.4, -0.2) is 41.5 Å². The Labute approximate surface area is 97.4 Å². The largest absolute Gasteiger partial charge is 0.395 e. The first kappa shape index (κ1) is 13.1. The third-order valence-corrected chi connectivity index (χ3v) is 2.87. The number of Topliss-reactive ketones (excluding diaryl/α,β-unsaturated/α-hetero) is 1. The first-order valence-electron chi connectivity index (χ1n) is 5.89. The molecule has 1 aliphatic rings. The number of nitrogens with zero attached hydrogens (tertiary/aromatic N) is 1. The predicted molar refractivity (Wildman–Crippen MR) is 65.3 cm³/mol. The number of aliphatic hydroxyl groups excluding tert-OH is 1. The second-order valence-electron chi connectivity index (χ2n) is 4.35. The summed E-state index contributed by atoms with van der Waals surface area (Å²) in [7, 11) is 0. The fraction of sp³-hybridized carbons (Fsp3) is 0.615. The van der Waals surface area contributed by atoms with Crippen LogP contribution in [0, 0.1) is 0 Å². The molecule has 0 aliphatic heterocycles. The fourth-order valence-corrected chi connectivity index (χ4v) is 1.82. The molecule has 0 aromatic heterocycles. The average Bonchev–Trinajstić information content (AvgIpc) is 2.76. The van der Waals surface area contributed by atoms with Crippen LogP contribution in [0.2, 0.25) is 0 Å². The van der Waals surface area contributed by atoms with Crippen molar-refractivity contribution in [2.24, 2.45) is 0 Å². The zero-order chi connectivity index (χ0) is 12.0. The maximum atomic E-state index is 11.8. The molecule has 90 valence electrons. The van der Waals surface area contributed by atoms with Crippen LogP contribution in [0.15, 0.2) is 23.8 Å². The number of allylic oxidation sites excluding steroid dienone is 4. The summed E-state index contributed by atoms with van der Waals surface area (Å²) in [6, 6.07) is 0.371. The summed E-state index contributed by atoms with van der Waals surface area (Å²) >= 11 is 0. The standard InChI is InChI=1S/C13H21NO2/c1-11(2)14(9-10-15)8-7-13(16)12-5-3-4-6-12/h3-5,11,15H,6-10H2,1-2H3. The first-order valence-corrected chi connectivity index (χ1v) is 5.89. The minimum atomic E-state index is 0.149. The molecule has 0 aromatic rings. The van der Waals surface area contributed by atoms with E-state index in [1.165, 1.54) is 0 Å². The van der Waals surface area contributed by atoms with E-state index in [0.29, 0.717) is 19.0 Å². The Hall–Kier alpha value is -0.930. The van der Waals surface area contributed by atoms with Gasteiger partial charge < -0.3 is 5.11 Å². The average molecular weight is 223 g/mol. The van der Waals surface area contributed by atoms with E-state index in [1.807, 2.05) is 18.2 Å². The molecule has 0 bridgehead atoms. The van der Waals surface area contributed by atoms with E-state index >= 15 is 0 Å². The van der Waals surface area contributed by atoms with Gasteiger partial charge in [-0.25, -0.2) is 0 Å². The van der Waals surface area contributed by atoms with E-state index in [-0.39, 0.29) is 12.4 Å². The van der Waals surface area contributed by atoms with Gasteiger partial charge in [0.25, 0.3) is 0 Å². The molecular formula is C13H21NO2. The van der Waals surface area contributed by atoms with Crippen molar-refractivity contribution in [2.75, 3.05) is 19.7 Å². The third-order valence-electron chi connectivity index (χ3n) is 2.87. The highest BCUT2D eigenvalue weighted by Crippen LogP contribution is 2.13. The Morgan fingerprint density at radius 1 is 1.50 bits per heavy atom. The van der Waals surface area contributed by atoms with Crippen LogP contribution in [0.4, 0.5) is 0 Å². The number of rotatable bonds is 7. The maximum absolute atomic E-state index is 11.8. The Morgan fingerprint density at radius 2 is 2.25 bits per heavy atom. The van der Waals surface area contributed by atoms with Crippen molar-refractivity contribution in [3.05, 3.63) is 23.8 Å². The van der Waals surface area contributed by atoms with Crippen LogP contribution in [0.5, 0.6) is 0 Å². The molecule has 3 heteroatoms. The van der Waals surface area contributed by atoms with Gasteiger partial charge in [-0.3, -0.25) is 9.69 Å². The van der Waals surface area contributed by atoms with Crippen molar-refractivity contribution in [1.29, 1.82) is 0 Å². The van der Waals surface area contributed by atoms with Gasteiger partial charge in [0.1, 0.15) is 0 Å².